The number of nitrogens with zero attached hydrogens (tertiary/aromatic N) is 1. The summed E-state index contributed by atoms with van der Waals surface area (Å²) in [5.74, 6) is -3.11. The Morgan fingerprint density at radius 3 is 2.16 bits per heavy atom. The first-order valence-electron chi connectivity index (χ1n) is 12.9. The molecule has 0 saturated heterocycles. The summed E-state index contributed by atoms with van der Waals surface area (Å²) < 4.78 is 5.66. The molecule has 9 heteroatoms. The standard InChI is InChI=1S/C28H46N4O5/c1-19(2)16-23(22(26(34)31-36)15-11-14-21-12-9-8-10-13-21)25(33)30-32(17-20(3)4)27(35)24(29)18-37-28(5,6)7/h8-14,19-20,22-24,36H,15-18,29H2,1-7H3,(H,30,33)(H,31,34)/b14-11+/t22-,23+,24+/m0/s1. The summed E-state index contributed by atoms with van der Waals surface area (Å²) in [6, 6.07) is 8.62. The Labute approximate surface area is 221 Å². The number of benzene rings is 1. The molecule has 1 rings (SSSR count). The number of hydrogen-bond acceptors (Lipinski definition) is 6. The molecule has 0 unspecified atom stereocenters. The van der Waals surface area contributed by atoms with Crippen molar-refractivity contribution >= 4 is 23.8 Å². The van der Waals surface area contributed by atoms with Crippen molar-refractivity contribution in [3.05, 3.63) is 42.0 Å². The molecule has 0 radical (unpaired) electrons. The summed E-state index contributed by atoms with van der Waals surface area (Å²) >= 11 is 0. The van der Waals surface area contributed by atoms with E-state index in [9.17, 15) is 19.6 Å². The van der Waals surface area contributed by atoms with Crippen LogP contribution in [-0.4, -0.2) is 52.7 Å². The third-order valence-corrected chi connectivity index (χ3v) is 5.57. The van der Waals surface area contributed by atoms with Crippen molar-refractivity contribution in [1.82, 2.24) is 15.9 Å². The number of ether oxygens (including phenoxy) is 1. The second-order valence-corrected chi connectivity index (χ2v) is 11.2. The minimum Gasteiger partial charge on any atom is -0.374 e. The zero-order valence-electron chi connectivity index (χ0n) is 23.4. The van der Waals surface area contributed by atoms with Crippen molar-refractivity contribution in [3.8, 4) is 0 Å². The molecule has 0 aliphatic rings. The van der Waals surface area contributed by atoms with Gasteiger partial charge in [-0.05, 0) is 51.0 Å². The van der Waals surface area contributed by atoms with Crippen molar-refractivity contribution in [2.45, 2.75) is 73.0 Å². The molecule has 5 N–H and O–H groups in total. The third kappa shape index (κ3) is 12.4. The Kier molecular flexibility index (Phi) is 13.5. The topological polar surface area (TPSA) is 134 Å². The van der Waals surface area contributed by atoms with Crippen LogP contribution in [0.5, 0.6) is 0 Å². The quantitative estimate of drug-likeness (QED) is 0.233. The van der Waals surface area contributed by atoms with E-state index in [4.69, 9.17) is 10.5 Å². The second-order valence-electron chi connectivity index (χ2n) is 11.2. The average molecular weight is 519 g/mol. The molecule has 0 saturated carbocycles. The van der Waals surface area contributed by atoms with Crippen LogP contribution in [0.2, 0.25) is 0 Å². The number of hydroxylamine groups is 1. The molecular formula is C28H46N4O5. The molecule has 0 bridgehead atoms. The highest BCUT2D eigenvalue weighted by Crippen LogP contribution is 2.26. The molecular weight excluding hydrogens is 472 g/mol. The van der Waals surface area contributed by atoms with Gasteiger partial charge in [0.2, 0.25) is 11.8 Å². The summed E-state index contributed by atoms with van der Waals surface area (Å²) in [5, 5.41) is 10.6. The Balaban J connectivity index is 3.15. The van der Waals surface area contributed by atoms with Crippen LogP contribution < -0.4 is 16.6 Å². The lowest BCUT2D eigenvalue weighted by atomic mass is 9.82. The van der Waals surface area contributed by atoms with Gasteiger partial charge in [-0.1, -0.05) is 70.2 Å². The zero-order valence-corrected chi connectivity index (χ0v) is 23.4. The van der Waals surface area contributed by atoms with Gasteiger partial charge in [0.15, 0.2) is 0 Å². The first-order chi connectivity index (χ1) is 17.2. The van der Waals surface area contributed by atoms with E-state index < -0.39 is 41.2 Å². The number of nitrogens with two attached hydrogens (primary N) is 1. The van der Waals surface area contributed by atoms with E-state index in [1.165, 1.54) is 5.01 Å². The Bertz CT molecular complexity index is 880. The van der Waals surface area contributed by atoms with Crippen LogP contribution in [0.3, 0.4) is 0 Å². The summed E-state index contributed by atoms with van der Waals surface area (Å²) in [6.45, 7) is 13.6. The van der Waals surface area contributed by atoms with Crippen LogP contribution in [0.15, 0.2) is 36.4 Å². The van der Waals surface area contributed by atoms with Crippen LogP contribution >= 0.6 is 0 Å². The van der Waals surface area contributed by atoms with E-state index in [1.54, 1.807) is 5.48 Å². The minimum absolute atomic E-state index is 0.00203. The van der Waals surface area contributed by atoms with Gasteiger partial charge in [0.05, 0.1) is 24.0 Å². The Morgan fingerprint density at radius 1 is 1.03 bits per heavy atom. The van der Waals surface area contributed by atoms with Crippen molar-refractivity contribution in [2.75, 3.05) is 13.2 Å². The fraction of sp³-hybridized carbons (Fsp3) is 0.607. The van der Waals surface area contributed by atoms with E-state index in [1.807, 2.05) is 91.0 Å². The van der Waals surface area contributed by atoms with E-state index >= 15 is 0 Å². The third-order valence-electron chi connectivity index (χ3n) is 5.57. The number of amides is 3. The molecule has 0 fully saturated rings. The van der Waals surface area contributed by atoms with Gasteiger partial charge >= 0.3 is 0 Å². The van der Waals surface area contributed by atoms with E-state index in [-0.39, 0.29) is 31.4 Å². The Morgan fingerprint density at radius 2 is 1.65 bits per heavy atom. The average Bonchev–Trinajstić information content (AvgIpc) is 2.82. The summed E-state index contributed by atoms with van der Waals surface area (Å²) in [6.07, 6.45) is 4.28. The van der Waals surface area contributed by atoms with Crippen molar-refractivity contribution < 1.29 is 24.3 Å². The normalized spacial score (nSPS) is 14.5. The van der Waals surface area contributed by atoms with Crippen LogP contribution in [0.4, 0.5) is 0 Å². The molecule has 1 aromatic carbocycles. The predicted molar refractivity (Wildman–Crippen MR) is 145 cm³/mol. The highest BCUT2D eigenvalue weighted by atomic mass is 16.5. The molecule has 37 heavy (non-hydrogen) atoms. The molecule has 0 aliphatic carbocycles. The number of hydrogen-bond donors (Lipinski definition) is 4. The van der Waals surface area contributed by atoms with Crippen LogP contribution in [-0.2, 0) is 19.1 Å². The number of carbonyl (C=O) groups is 3. The molecule has 0 spiro atoms. The largest absolute Gasteiger partial charge is 0.374 e. The lowest BCUT2D eigenvalue weighted by Crippen LogP contribution is -2.57. The molecule has 3 atom stereocenters. The van der Waals surface area contributed by atoms with Crippen molar-refractivity contribution in [3.63, 3.8) is 0 Å². The molecule has 0 heterocycles. The maximum atomic E-state index is 13.5. The van der Waals surface area contributed by atoms with Gasteiger partial charge in [0.1, 0.15) is 6.04 Å². The monoisotopic (exact) mass is 518 g/mol. The van der Waals surface area contributed by atoms with Crippen LogP contribution in [0.1, 0.15) is 66.9 Å². The lowest BCUT2D eigenvalue weighted by Gasteiger charge is -2.32. The highest BCUT2D eigenvalue weighted by Gasteiger charge is 2.35. The molecule has 9 nitrogen and oxygen atoms in total. The van der Waals surface area contributed by atoms with Crippen molar-refractivity contribution in [2.24, 2.45) is 29.4 Å². The number of hydrazine groups is 1. The first kappa shape index (κ1) is 32.3. The fourth-order valence-corrected chi connectivity index (χ4v) is 3.80. The minimum atomic E-state index is -0.966. The van der Waals surface area contributed by atoms with Gasteiger partial charge < -0.3 is 10.5 Å². The second kappa shape index (κ2) is 15.5. The molecule has 0 aromatic heterocycles. The van der Waals surface area contributed by atoms with Gasteiger partial charge in [-0.25, -0.2) is 5.48 Å². The summed E-state index contributed by atoms with van der Waals surface area (Å²) in [5.41, 5.74) is 11.0. The molecule has 3 amide bonds. The number of carbonyl (C=O) groups excluding carboxylic acids is 3. The van der Waals surface area contributed by atoms with E-state index in [0.29, 0.717) is 6.42 Å². The molecule has 0 aliphatic heterocycles. The number of allylic oxidation sites excluding steroid dienone is 1. The Hall–Kier alpha value is -2.75. The number of nitrogens with one attached hydrogen (secondary N) is 2. The maximum Gasteiger partial charge on any atom is 0.260 e. The van der Waals surface area contributed by atoms with E-state index in [2.05, 4.69) is 5.43 Å². The van der Waals surface area contributed by atoms with Crippen LogP contribution in [0, 0.1) is 23.7 Å². The van der Waals surface area contributed by atoms with Crippen molar-refractivity contribution in [1.29, 1.82) is 0 Å². The lowest BCUT2D eigenvalue weighted by molar-refractivity contribution is -0.149. The number of rotatable bonds is 13. The SMILES string of the molecule is CC(C)C[C@@H](C(=O)NN(CC(C)C)C(=O)[C@H](N)COC(C)(C)C)[C@H](C/C=C/c1ccccc1)C(=O)NO. The van der Waals surface area contributed by atoms with Gasteiger partial charge in [0, 0.05) is 6.54 Å². The smallest absolute Gasteiger partial charge is 0.260 e. The fourth-order valence-electron chi connectivity index (χ4n) is 3.80. The van der Waals surface area contributed by atoms with Gasteiger partial charge in [0.25, 0.3) is 5.91 Å². The van der Waals surface area contributed by atoms with Crippen LogP contribution in [0.25, 0.3) is 6.08 Å². The van der Waals surface area contributed by atoms with E-state index in [0.717, 1.165) is 5.56 Å². The summed E-state index contributed by atoms with van der Waals surface area (Å²) in [4.78, 5) is 39.4. The molecule has 1 aromatic rings. The van der Waals surface area contributed by atoms with Gasteiger partial charge in [-0.15, -0.1) is 0 Å². The van der Waals surface area contributed by atoms with Gasteiger partial charge in [-0.3, -0.25) is 30.0 Å². The summed E-state index contributed by atoms with van der Waals surface area (Å²) in [7, 11) is 0. The zero-order chi connectivity index (χ0) is 28.2. The maximum absolute atomic E-state index is 13.5. The van der Waals surface area contributed by atoms with Gasteiger partial charge in [-0.2, -0.15) is 0 Å². The molecule has 208 valence electrons. The predicted octanol–water partition coefficient (Wildman–Crippen LogP) is 3.53. The highest BCUT2D eigenvalue weighted by molar-refractivity contribution is 5.89. The first-order valence-corrected chi connectivity index (χ1v) is 12.9.